The molecule has 0 radical (unpaired) electrons. The number of carboxylic acid groups (broad SMARTS) is 2. The normalized spacial score (nSPS) is 13.8. The van der Waals surface area contributed by atoms with Crippen LogP contribution in [0.5, 0.6) is 0 Å². The Kier molecular flexibility index (Phi) is 10.3. The van der Waals surface area contributed by atoms with Gasteiger partial charge in [0, 0.05) is 6.54 Å². The number of aliphatic imine (C=N–C) groups is 1. The van der Waals surface area contributed by atoms with E-state index in [-0.39, 0.29) is 25.3 Å². The molecule has 0 fully saturated rings. The van der Waals surface area contributed by atoms with Gasteiger partial charge < -0.3 is 43.2 Å². The van der Waals surface area contributed by atoms with E-state index in [2.05, 4.69) is 10.3 Å². The first-order valence-electron chi connectivity index (χ1n) is 7.55. The number of nitrogens with one attached hydrogen (secondary N) is 2. The van der Waals surface area contributed by atoms with Crippen LogP contribution in [0.3, 0.4) is 0 Å². The SMILES string of the molecule is NC(N)=NCCC[C@H](NC(=O)[C@@H](N)CO)C(=O)N[C@@H](CC(=O)O)C(=O)O. The third-order valence-electron chi connectivity index (χ3n) is 3.11. The van der Waals surface area contributed by atoms with E-state index in [9.17, 15) is 19.2 Å². The zero-order chi connectivity index (χ0) is 20.3. The van der Waals surface area contributed by atoms with Crippen LogP contribution in [0.25, 0.3) is 0 Å². The van der Waals surface area contributed by atoms with Crippen molar-refractivity contribution in [3.63, 3.8) is 0 Å². The van der Waals surface area contributed by atoms with Gasteiger partial charge in [0.15, 0.2) is 5.96 Å². The molecule has 0 aliphatic rings. The van der Waals surface area contributed by atoms with Crippen molar-refractivity contribution in [3.05, 3.63) is 0 Å². The molecule has 11 N–H and O–H groups in total. The third-order valence-corrected chi connectivity index (χ3v) is 3.11. The first-order valence-corrected chi connectivity index (χ1v) is 7.55. The molecule has 2 amide bonds. The number of carbonyl (C=O) groups is 4. The molecule has 13 nitrogen and oxygen atoms in total. The Labute approximate surface area is 148 Å². The molecular formula is C13H24N6O7. The zero-order valence-corrected chi connectivity index (χ0v) is 13.9. The van der Waals surface area contributed by atoms with Crippen LogP contribution in [0.2, 0.25) is 0 Å². The van der Waals surface area contributed by atoms with Crippen LogP contribution < -0.4 is 27.8 Å². The van der Waals surface area contributed by atoms with E-state index < -0.39 is 54.9 Å². The molecule has 0 saturated carbocycles. The smallest absolute Gasteiger partial charge is 0.326 e. The van der Waals surface area contributed by atoms with Crippen LogP contribution in [0, 0.1) is 0 Å². The fraction of sp³-hybridized carbons (Fsp3) is 0.615. The van der Waals surface area contributed by atoms with Crippen molar-refractivity contribution in [3.8, 4) is 0 Å². The highest BCUT2D eigenvalue weighted by Gasteiger charge is 2.28. The number of rotatable bonds is 12. The van der Waals surface area contributed by atoms with Gasteiger partial charge in [-0.25, -0.2) is 4.79 Å². The van der Waals surface area contributed by atoms with Crippen molar-refractivity contribution in [2.45, 2.75) is 37.4 Å². The highest BCUT2D eigenvalue weighted by atomic mass is 16.4. The predicted octanol–water partition coefficient (Wildman–Crippen LogP) is -4.11. The summed E-state index contributed by atoms with van der Waals surface area (Å²) in [5, 5.41) is 30.8. The molecule has 0 aliphatic heterocycles. The number of hydrogen-bond donors (Lipinski definition) is 8. The Bertz CT molecular complexity index is 549. The minimum atomic E-state index is -1.68. The van der Waals surface area contributed by atoms with Crippen LogP contribution >= 0.6 is 0 Å². The molecule has 0 bridgehead atoms. The lowest BCUT2D eigenvalue weighted by Gasteiger charge is -2.22. The van der Waals surface area contributed by atoms with Crippen LogP contribution in [0.15, 0.2) is 4.99 Å². The van der Waals surface area contributed by atoms with Gasteiger partial charge in [0.2, 0.25) is 11.8 Å². The molecule has 3 atom stereocenters. The molecule has 26 heavy (non-hydrogen) atoms. The molecule has 0 aromatic heterocycles. The van der Waals surface area contributed by atoms with E-state index in [1.807, 2.05) is 5.32 Å². The van der Waals surface area contributed by atoms with Gasteiger partial charge in [0.05, 0.1) is 13.0 Å². The number of amides is 2. The van der Waals surface area contributed by atoms with Gasteiger partial charge in [0.1, 0.15) is 18.1 Å². The summed E-state index contributed by atoms with van der Waals surface area (Å²) < 4.78 is 0. The minimum Gasteiger partial charge on any atom is -0.481 e. The Morgan fingerprint density at radius 1 is 1.00 bits per heavy atom. The molecule has 0 unspecified atom stereocenters. The highest BCUT2D eigenvalue weighted by Crippen LogP contribution is 2.02. The fourth-order valence-electron chi connectivity index (χ4n) is 1.78. The maximum atomic E-state index is 12.2. The van der Waals surface area contributed by atoms with Gasteiger partial charge in [-0.15, -0.1) is 0 Å². The molecule has 0 spiro atoms. The summed E-state index contributed by atoms with van der Waals surface area (Å²) in [6.07, 6.45) is -0.570. The van der Waals surface area contributed by atoms with Crippen molar-refractivity contribution in [1.29, 1.82) is 0 Å². The monoisotopic (exact) mass is 376 g/mol. The Morgan fingerprint density at radius 2 is 1.58 bits per heavy atom. The number of nitrogens with zero attached hydrogens (tertiary/aromatic N) is 1. The quantitative estimate of drug-likeness (QED) is 0.0928. The summed E-state index contributed by atoms with van der Waals surface area (Å²) in [7, 11) is 0. The fourth-order valence-corrected chi connectivity index (χ4v) is 1.78. The van der Waals surface area contributed by atoms with Crippen molar-refractivity contribution in [1.82, 2.24) is 10.6 Å². The van der Waals surface area contributed by atoms with Crippen LogP contribution in [-0.2, 0) is 19.2 Å². The maximum absolute atomic E-state index is 12.2. The molecule has 148 valence electrons. The van der Waals surface area contributed by atoms with Gasteiger partial charge in [-0.1, -0.05) is 0 Å². The lowest BCUT2D eigenvalue weighted by molar-refractivity contribution is -0.147. The summed E-state index contributed by atoms with van der Waals surface area (Å²) in [6.45, 7) is -0.517. The maximum Gasteiger partial charge on any atom is 0.326 e. The number of aliphatic carboxylic acids is 2. The highest BCUT2D eigenvalue weighted by molar-refractivity contribution is 5.92. The van der Waals surface area contributed by atoms with Gasteiger partial charge in [-0.2, -0.15) is 0 Å². The van der Waals surface area contributed by atoms with Crippen LogP contribution in [0.4, 0.5) is 0 Å². The summed E-state index contributed by atoms with van der Waals surface area (Å²) in [5.41, 5.74) is 15.7. The van der Waals surface area contributed by atoms with Crippen LogP contribution in [-0.4, -0.2) is 76.3 Å². The van der Waals surface area contributed by atoms with Crippen LogP contribution in [0.1, 0.15) is 19.3 Å². The second-order valence-electron chi connectivity index (χ2n) is 5.30. The lowest BCUT2D eigenvalue weighted by atomic mass is 10.1. The number of guanidine groups is 1. The predicted molar refractivity (Wildman–Crippen MR) is 88.7 cm³/mol. The summed E-state index contributed by atoms with van der Waals surface area (Å²) >= 11 is 0. The lowest BCUT2D eigenvalue weighted by Crippen LogP contribution is -2.55. The van der Waals surface area contributed by atoms with Gasteiger partial charge in [0.25, 0.3) is 0 Å². The minimum absolute atomic E-state index is 0.0198. The second kappa shape index (κ2) is 11.6. The summed E-state index contributed by atoms with van der Waals surface area (Å²) in [6, 6.07) is -4.18. The Morgan fingerprint density at radius 3 is 2.04 bits per heavy atom. The topological polar surface area (TPSA) is 243 Å². The second-order valence-corrected chi connectivity index (χ2v) is 5.30. The summed E-state index contributed by atoms with van der Waals surface area (Å²) in [4.78, 5) is 49.4. The first kappa shape index (κ1) is 23.1. The van der Waals surface area contributed by atoms with E-state index in [0.29, 0.717) is 0 Å². The molecule has 0 aliphatic carbocycles. The molecule has 0 heterocycles. The number of aliphatic hydroxyl groups is 1. The number of carboxylic acids is 2. The molecule has 0 aromatic rings. The van der Waals surface area contributed by atoms with Gasteiger partial charge >= 0.3 is 11.9 Å². The van der Waals surface area contributed by atoms with Gasteiger partial charge in [-0.3, -0.25) is 19.4 Å². The average molecular weight is 376 g/mol. The van der Waals surface area contributed by atoms with E-state index in [4.69, 9.17) is 32.5 Å². The standard InChI is InChI=1S/C13H24N6O7/c14-6(5-20)10(23)18-7(2-1-3-17-13(15)16)11(24)19-8(12(25)26)4-9(21)22/h6-8,20H,1-5,14H2,(H,18,23)(H,19,24)(H,21,22)(H,25,26)(H4,15,16,17)/t6-,7-,8-/m0/s1. The average Bonchev–Trinajstić information content (AvgIpc) is 2.54. The van der Waals surface area contributed by atoms with Gasteiger partial charge in [-0.05, 0) is 12.8 Å². The number of carbonyl (C=O) groups excluding carboxylic acids is 2. The van der Waals surface area contributed by atoms with E-state index in [0.717, 1.165) is 0 Å². The number of hydrogen-bond acceptors (Lipinski definition) is 7. The largest absolute Gasteiger partial charge is 0.481 e. The van der Waals surface area contributed by atoms with Crippen molar-refractivity contribution in [2.24, 2.45) is 22.2 Å². The first-order chi connectivity index (χ1) is 12.1. The van der Waals surface area contributed by atoms with Crippen molar-refractivity contribution < 1.29 is 34.5 Å². The van der Waals surface area contributed by atoms with E-state index in [1.54, 1.807) is 0 Å². The Balaban J connectivity index is 5.05. The molecule has 13 heteroatoms. The molecular weight excluding hydrogens is 352 g/mol. The van der Waals surface area contributed by atoms with Crippen molar-refractivity contribution in [2.75, 3.05) is 13.2 Å². The third kappa shape index (κ3) is 9.39. The number of nitrogens with two attached hydrogens (primary N) is 3. The zero-order valence-electron chi connectivity index (χ0n) is 13.9. The van der Waals surface area contributed by atoms with E-state index in [1.165, 1.54) is 0 Å². The molecule has 0 rings (SSSR count). The number of aliphatic hydroxyl groups excluding tert-OH is 1. The van der Waals surface area contributed by atoms with E-state index >= 15 is 0 Å². The molecule has 0 aromatic carbocycles. The van der Waals surface area contributed by atoms with Crippen molar-refractivity contribution >= 4 is 29.7 Å². The Hall–Kier alpha value is -2.93. The molecule has 0 saturated heterocycles. The summed E-state index contributed by atoms with van der Waals surface area (Å²) in [5.74, 6) is -4.88.